The molecular formula is C15H17N3O. The average molecular weight is 255 g/mol. The number of amides is 1. The number of nitrogens with one attached hydrogen (secondary N) is 1. The van der Waals surface area contributed by atoms with E-state index in [-0.39, 0.29) is 11.4 Å². The van der Waals surface area contributed by atoms with Gasteiger partial charge in [-0.3, -0.25) is 9.78 Å². The van der Waals surface area contributed by atoms with Crippen molar-refractivity contribution in [2.75, 3.05) is 5.32 Å². The molecule has 0 aliphatic heterocycles. The number of rotatable bonds is 3. The van der Waals surface area contributed by atoms with E-state index in [1.54, 1.807) is 6.20 Å². The quantitative estimate of drug-likeness (QED) is 0.885. The lowest BCUT2D eigenvalue weighted by atomic mass is 9.75. The normalized spacial score (nSPS) is 16.9. The lowest BCUT2D eigenvalue weighted by Gasteiger charge is -2.37. The average Bonchev–Trinajstić information content (AvgIpc) is 2.36. The highest BCUT2D eigenvalue weighted by Gasteiger charge is 2.34. The van der Waals surface area contributed by atoms with Crippen molar-refractivity contribution in [3.05, 3.63) is 36.5 Å². The number of aromatic nitrogens is 1. The van der Waals surface area contributed by atoms with E-state index in [0.717, 1.165) is 35.9 Å². The summed E-state index contributed by atoms with van der Waals surface area (Å²) in [6.07, 6.45) is 5.18. The van der Waals surface area contributed by atoms with Crippen LogP contribution in [0.1, 0.15) is 25.7 Å². The van der Waals surface area contributed by atoms with E-state index in [2.05, 4.69) is 10.3 Å². The minimum Gasteiger partial charge on any atom is -0.326 e. The number of fused-ring (bicyclic) bond motifs is 1. The number of carbonyl (C=O) groups is 1. The van der Waals surface area contributed by atoms with Gasteiger partial charge in [-0.1, -0.05) is 6.07 Å². The third-order valence-corrected chi connectivity index (χ3v) is 3.75. The zero-order valence-electron chi connectivity index (χ0n) is 10.7. The number of hydrogen-bond donors (Lipinski definition) is 2. The molecule has 2 aromatic rings. The summed E-state index contributed by atoms with van der Waals surface area (Å²) in [5, 5.41) is 3.93. The van der Waals surface area contributed by atoms with Gasteiger partial charge in [-0.2, -0.15) is 0 Å². The summed E-state index contributed by atoms with van der Waals surface area (Å²) in [5.74, 6) is -0.00885. The van der Waals surface area contributed by atoms with E-state index >= 15 is 0 Å². The Bertz CT molecular complexity index is 620. The number of hydrogen-bond acceptors (Lipinski definition) is 3. The molecule has 1 fully saturated rings. The van der Waals surface area contributed by atoms with Crippen molar-refractivity contribution in [2.45, 2.75) is 31.2 Å². The van der Waals surface area contributed by atoms with Crippen LogP contribution in [0.5, 0.6) is 0 Å². The predicted molar refractivity (Wildman–Crippen MR) is 75.8 cm³/mol. The van der Waals surface area contributed by atoms with Gasteiger partial charge in [0.25, 0.3) is 0 Å². The fourth-order valence-electron chi connectivity index (χ4n) is 2.49. The van der Waals surface area contributed by atoms with Gasteiger partial charge in [0.2, 0.25) is 5.91 Å². The fourth-order valence-corrected chi connectivity index (χ4v) is 2.49. The highest BCUT2D eigenvalue weighted by Crippen LogP contribution is 2.32. The first kappa shape index (κ1) is 12.1. The molecule has 1 aromatic carbocycles. The molecule has 0 saturated heterocycles. The standard InChI is InChI=1S/C15H17N3O/c16-15(6-2-7-15)10-14(19)18-12-4-5-13-11(9-12)3-1-8-17-13/h1,3-5,8-9H,2,6-7,10,16H2,(H,18,19). The maximum Gasteiger partial charge on any atom is 0.226 e. The van der Waals surface area contributed by atoms with Crippen molar-refractivity contribution in [3.8, 4) is 0 Å². The van der Waals surface area contributed by atoms with Crippen molar-refractivity contribution in [3.63, 3.8) is 0 Å². The van der Waals surface area contributed by atoms with E-state index < -0.39 is 0 Å². The molecule has 19 heavy (non-hydrogen) atoms. The lowest BCUT2D eigenvalue weighted by Crippen LogP contribution is -2.48. The van der Waals surface area contributed by atoms with Crippen LogP contribution in [0, 0.1) is 0 Å². The van der Waals surface area contributed by atoms with E-state index in [1.165, 1.54) is 0 Å². The summed E-state index contributed by atoms with van der Waals surface area (Å²) in [6.45, 7) is 0. The summed E-state index contributed by atoms with van der Waals surface area (Å²) in [6, 6.07) is 9.58. The molecule has 1 aliphatic carbocycles. The molecular weight excluding hydrogens is 238 g/mol. The van der Waals surface area contributed by atoms with Crippen LogP contribution in [0.25, 0.3) is 10.9 Å². The Balaban J connectivity index is 1.72. The molecule has 0 radical (unpaired) electrons. The number of carbonyl (C=O) groups excluding carboxylic acids is 1. The van der Waals surface area contributed by atoms with Crippen LogP contribution in [-0.4, -0.2) is 16.4 Å². The van der Waals surface area contributed by atoms with Gasteiger partial charge in [-0.15, -0.1) is 0 Å². The molecule has 1 saturated carbocycles. The minimum absolute atomic E-state index is 0.00885. The Morgan fingerprint density at radius 1 is 1.37 bits per heavy atom. The maximum atomic E-state index is 12.0. The molecule has 0 spiro atoms. The van der Waals surface area contributed by atoms with Gasteiger partial charge in [0, 0.05) is 29.2 Å². The molecule has 1 aromatic heterocycles. The third-order valence-electron chi connectivity index (χ3n) is 3.75. The first-order valence-corrected chi connectivity index (χ1v) is 6.58. The van der Waals surface area contributed by atoms with E-state index in [9.17, 15) is 4.79 Å². The topological polar surface area (TPSA) is 68.0 Å². The van der Waals surface area contributed by atoms with Gasteiger partial charge in [-0.05, 0) is 43.5 Å². The van der Waals surface area contributed by atoms with Crippen LogP contribution in [-0.2, 0) is 4.79 Å². The Morgan fingerprint density at radius 2 is 2.21 bits per heavy atom. The summed E-state index contributed by atoms with van der Waals surface area (Å²) < 4.78 is 0. The molecule has 0 unspecified atom stereocenters. The van der Waals surface area contributed by atoms with E-state index in [1.807, 2.05) is 30.3 Å². The van der Waals surface area contributed by atoms with Gasteiger partial charge in [0.15, 0.2) is 0 Å². The number of nitrogens with zero attached hydrogens (tertiary/aromatic N) is 1. The number of anilines is 1. The maximum absolute atomic E-state index is 12.0. The zero-order valence-corrected chi connectivity index (χ0v) is 10.7. The van der Waals surface area contributed by atoms with Crippen molar-refractivity contribution < 1.29 is 4.79 Å². The Labute approximate surface area is 112 Å². The van der Waals surface area contributed by atoms with Crippen LogP contribution in [0.4, 0.5) is 5.69 Å². The molecule has 4 nitrogen and oxygen atoms in total. The predicted octanol–water partition coefficient (Wildman–Crippen LogP) is 2.44. The Hall–Kier alpha value is -1.94. The molecule has 98 valence electrons. The van der Waals surface area contributed by atoms with E-state index in [4.69, 9.17) is 5.73 Å². The molecule has 1 heterocycles. The monoisotopic (exact) mass is 255 g/mol. The molecule has 1 amide bonds. The van der Waals surface area contributed by atoms with Crippen LogP contribution in [0.15, 0.2) is 36.5 Å². The summed E-state index contributed by atoms with van der Waals surface area (Å²) in [4.78, 5) is 16.2. The lowest BCUT2D eigenvalue weighted by molar-refractivity contribution is -0.118. The Morgan fingerprint density at radius 3 is 2.95 bits per heavy atom. The molecule has 4 heteroatoms. The highest BCUT2D eigenvalue weighted by molar-refractivity contribution is 5.94. The number of benzene rings is 1. The first-order valence-electron chi connectivity index (χ1n) is 6.58. The molecule has 0 atom stereocenters. The van der Waals surface area contributed by atoms with Gasteiger partial charge >= 0.3 is 0 Å². The van der Waals surface area contributed by atoms with Gasteiger partial charge in [-0.25, -0.2) is 0 Å². The number of pyridine rings is 1. The number of nitrogens with two attached hydrogens (primary N) is 1. The fraction of sp³-hybridized carbons (Fsp3) is 0.333. The second-order valence-electron chi connectivity index (χ2n) is 5.35. The zero-order chi connectivity index (χ0) is 13.3. The summed E-state index contributed by atoms with van der Waals surface area (Å²) in [7, 11) is 0. The molecule has 3 rings (SSSR count). The molecule has 0 bridgehead atoms. The van der Waals surface area contributed by atoms with Crippen LogP contribution in [0.3, 0.4) is 0 Å². The van der Waals surface area contributed by atoms with Crippen molar-refractivity contribution in [2.24, 2.45) is 5.73 Å². The van der Waals surface area contributed by atoms with Crippen LogP contribution in [0.2, 0.25) is 0 Å². The second kappa shape index (κ2) is 4.63. The minimum atomic E-state index is -0.275. The first-order chi connectivity index (χ1) is 9.15. The van der Waals surface area contributed by atoms with Gasteiger partial charge in [0.1, 0.15) is 0 Å². The molecule has 3 N–H and O–H groups in total. The molecule has 1 aliphatic rings. The van der Waals surface area contributed by atoms with Crippen LogP contribution >= 0.6 is 0 Å². The third kappa shape index (κ3) is 2.58. The van der Waals surface area contributed by atoms with Crippen LogP contribution < -0.4 is 11.1 Å². The highest BCUT2D eigenvalue weighted by atomic mass is 16.1. The van der Waals surface area contributed by atoms with Gasteiger partial charge in [0.05, 0.1) is 5.52 Å². The van der Waals surface area contributed by atoms with Gasteiger partial charge < -0.3 is 11.1 Å². The van der Waals surface area contributed by atoms with Crippen molar-refractivity contribution in [1.29, 1.82) is 0 Å². The summed E-state index contributed by atoms with van der Waals surface area (Å²) >= 11 is 0. The smallest absolute Gasteiger partial charge is 0.226 e. The largest absolute Gasteiger partial charge is 0.326 e. The van der Waals surface area contributed by atoms with Crippen molar-refractivity contribution in [1.82, 2.24) is 4.98 Å². The second-order valence-corrected chi connectivity index (χ2v) is 5.35. The Kier molecular flexibility index (Phi) is 2.95. The summed E-state index contributed by atoms with van der Waals surface area (Å²) in [5.41, 5.74) is 7.53. The van der Waals surface area contributed by atoms with E-state index in [0.29, 0.717) is 6.42 Å². The SMILES string of the molecule is NC1(CC(=O)Nc2ccc3ncccc3c2)CCC1. The van der Waals surface area contributed by atoms with Crippen molar-refractivity contribution >= 4 is 22.5 Å².